The number of thioether (sulfide) groups is 1. The molecule has 0 amide bonds. The Bertz CT molecular complexity index is 286. The Morgan fingerprint density at radius 1 is 1.71 bits per heavy atom. The highest BCUT2D eigenvalue weighted by Gasteiger charge is 2.18. The molecule has 0 atom stereocenters. The van der Waals surface area contributed by atoms with Gasteiger partial charge in [0, 0.05) is 23.4 Å². The van der Waals surface area contributed by atoms with Crippen LogP contribution in [0.15, 0.2) is 6.20 Å². The molecule has 1 saturated heterocycles. The summed E-state index contributed by atoms with van der Waals surface area (Å²) in [6.07, 6.45) is 1.97. The topological polar surface area (TPSA) is 34.2 Å². The van der Waals surface area contributed by atoms with Crippen LogP contribution in [-0.2, 0) is 10.5 Å². The third kappa shape index (κ3) is 2.62. The standard InChI is InChI=1S/C9H14N2OS2/c1-2-10-9-11-3-7(14-9)6-13-8-4-12-5-8/h3,8H,2,4-6H2,1H3,(H,10,11). The van der Waals surface area contributed by atoms with E-state index < -0.39 is 0 Å². The van der Waals surface area contributed by atoms with Gasteiger partial charge in [-0.15, -0.1) is 23.1 Å². The number of hydrogen-bond acceptors (Lipinski definition) is 5. The lowest BCUT2D eigenvalue weighted by atomic mass is 10.4. The first-order valence-electron chi connectivity index (χ1n) is 4.76. The molecule has 1 aromatic rings. The number of rotatable bonds is 5. The van der Waals surface area contributed by atoms with E-state index in [0.29, 0.717) is 5.25 Å². The van der Waals surface area contributed by atoms with Crippen LogP contribution in [0.2, 0.25) is 0 Å². The van der Waals surface area contributed by atoms with Gasteiger partial charge in [-0.3, -0.25) is 0 Å². The normalized spacial score (nSPS) is 16.6. The highest BCUT2D eigenvalue weighted by molar-refractivity contribution is 7.99. The Kier molecular flexibility index (Phi) is 3.67. The van der Waals surface area contributed by atoms with E-state index in [1.54, 1.807) is 11.3 Å². The van der Waals surface area contributed by atoms with E-state index in [1.165, 1.54) is 4.88 Å². The highest BCUT2D eigenvalue weighted by Crippen LogP contribution is 2.27. The third-order valence-corrected chi connectivity index (χ3v) is 4.31. The summed E-state index contributed by atoms with van der Waals surface area (Å²) in [4.78, 5) is 5.64. The molecule has 2 rings (SSSR count). The third-order valence-electron chi connectivity index (χ3n) is 1.95. The zero-order valence-electron chi connectivity index (χ0n) is 8.16. The molecule has 0 spiro atoms. The summed E-state index contributed by atoms with van der Waals surface area (Å²) < 4.78 is 5.12. The van der Waals surface area contributed by atoms with Gasteiger partial charge < -0.3 is 10.1 Å². The number of ether oxygens (including phenoxy) is 1. The SMILES string of the molecule is CCNc1ncc(CSC2COC2)s1. The van der Waals surface area contributed by atoms with Crippen LogP contribution in [0, 0.1) is 0 Å². The molecular formula is C9H14N2OS2. The quantitative estimate of drug-likeness (QED) is 0.841. The van der Waals surface area contributed by atoms with Crippen LogP contribution in [0.1, 0.15) is 11.8 Å². The Balaban J connectivity index is 1.77. The van der Waals surface area contributed by atoms with Crippen molar-refractivity contribution in [1.29, 1.82) is 0 Å². The molecule has 2 heterocycles. The van der Waals surface area contributed by atoms with E-state index in [0.717, 1.165) is 30.6 Å². The minimum absolute atomic E-state index is 0.708. The van der Waals surface area contributed by atoms with Gasteiger partial charge in [0.05, 0.1) is 18.5 Å². The van der Waals surface area contributed by atoms with Crippen LogP contribution in [0.3, 0.4) is 0 Å². The molecule has 0 bridgehead atoms. The summed E-state index contributed by atoms with van der Waals surface area (Å²) in [5.74, 6) is 1.07. The Morgan fingerprint density at radius 3 is 3.21 bits per heavy atom. The fourth-order valence-corrected chi connectivity index (χ4v) is 3.09. The molecular weight excluding hydrogens is 216 g/mol. The number of aromatic nitrogens is 1. The van der Waals surface area contributed by atoms with Crippen LogP contribution in [-0.4, -0.2) is 30.0 Å². The van der Waals surface area contributed by atoms with Crippen molar-refractivity contribution in [3.63, 3.8) is 0 Å². The number of anilines is 1. The average molecular weight is 230 g/mol. The summed E-state index contributed by atoms with van der Waals surface area (Å²) >= 11 is 3.72. The first kappa shape index (κ1) is 10.3. The fourth-order valence-electron chi connectivity index (χ4n) is 1.12. The molecule has 0 aromatic carbocycles. The largest absolute Gasteiger partial charge is 0.379 e. The second kappa shape index (κ2) is 5.00. The number of nitrogens with zero attached hydrogens (tertiary/aromatic N) is 1. The van der Waals surface area contributed by atoms with E-state index in [1.807, 2.05) is 18.0 Å². The fraction of sp³-hybridized carbons (Fsp3) is 0.667. The van der Waals surface area contributed by atoms with E-state index in [2.05, 4.69) is 17.2 Å². The van der Waals surface area contributed by atoms with Gasteiger partial charge in [-0.25, -0.2) is 4.98 Å². The van der Waals surface area contributed by atoms with Gasteiger partial charge in [-0.05, 0) is 6.92 Å². The summed E-state index contributed by atoms with van der Waals surface area (Å²) in [5.41, 5.74) is 0. The molecule has 1 fully saturated rings. The maximum atomic E-state index is 5.12. The molecule has 78 valence electrons. The lowest BCUT2D eigenvalue weighted by Crippen LogP contribution is -2.30. The molecule has 1 aliphatic heterocycles. The second-order valence-electron chi connectivity index (χ2n) is 3.13. The van der Waals surface area contributed by atoms with Gasteiger partial charge in [-0.1, -0.05) is 0 Å². The van der Waals surface area contributed by atoms with Crippen LogP contribution in [0.25, 0.3) is 0 Å². The van der Waals surface area contributed by atoms with Gasteiger partial charge in [0.1, 0.15) is 0 Å². The molecule has 1 aromatic heterocycles. The average Bonchev–Trinajstić information content (AvgIpc) is 2.51. The molecule has 14 heavy (non-hydrogen) atoms. The van der Waals surface area contributed by atoms with Gasteiger partial charge in [0.15, 0.2) is 5.13 Å². The predicted octanol–water partition coefficient (Wildman–Crippen LogP) is 2.21. The van der Waals surface area contributed by atoms with Crippen LogP contribution in [0.5, 0.6) is 0 Å². The first-order chi connectivity index (χ1) is 6.88. The Hall–Kier alpha value is -0.260. The monoisotopic (exact) mass is 230 g/mol. The molecule has 1 aliphatic rings. The maximum Gasteiger partial charge on any atom is 0.182 e. The number of thiazole rings is 1. The second-order valence-corrected chi connectivity index (χ2v) is 5.54. The predicted molar refractivity (Wildman–Crippen MR) is 62.2 cm³/mol. The van der Waals surface area contributed by atoms with Crippen molar-refractivity contribution in [3.05, 3.63) is 11.1 Å². The van der Waals surface area contributed by atoms with Gasteiger partial charge >= 0.3 is 0 Å². The zero-order chi connectivity index (χ0) is 9.80. The van der Waals surface area contributed by atoms with Crippen molar-refractivity contribution in [2.75, 3.05) is 25.1 Å². The molecule has 0 unspecified atom stereocenters. The summed E-state index contributed by atoms with van der Waals surface area (Å²) in [7, 11) is 0. The Labute approximate surface area is 92.3 Å². The molecule has 3 nitrogen and oxygen atoms in total. The summed E-state index contributed by atoms with van der Waals surface area (Å²) in [5, 5.41) is 4.96. The van der Waals surface area contributed by atoms with Crippen LogP contribution >= 0.6 is 23.1 Å². The number of hydrogen-bond donors (Lipinski definition) is 1. The van der Waals surface area contributed by atoms with E-state index in [9.17, 15) is 0 Å². The minimum atomic E-state index is 0.708. The first-order valence-corrected chi connectivity index (χ1v) is 6.63. The van der Waals surface area contributed by atoms with Crippen molar-refractivity contribution in [1.82, 2.24) is 4.98 Å². The van der Waals surface area contributed by atoms with E-state index in [4.69, 9.17) is 4.74 Å². The molecule has 5 heteroatoms. The number of nitrogens with one attached hydrogen (secondary N) is 1. The van der Waals surface area contributed by atoms with Crippen molar-refractivity contribution in [2.45, 2.75) is 17.9 Å². The maximum absolute atomic E-state index is 5.12. The Morgan fingerprint density at radius 2 is 2.57 bits per heavy atom. The van der Waals surface area contributed by atoms with Gasteiger partial charge in [0.25, 0.3) is 0 Å². The molecule has 0 aliphatic carbocycles. The van der Waals surface area contributed by atoms with Crippen molar-refractivity contribution in [2.24, 2.45) is 0 Å². The van der Waals surface area contributed by atoms with Crippen LogP contribution < -0.4 is 5.32 Å². The lowest BCUT2D eigenvalue weighted by molar-refractivity contribution is 0.0455. The highest BCUT2D eigenvalue weighted by atomic mass is 32.2. The van der Waals surface area contributed by atoms with E-state index in [-0.39, 0.29) is 0 Å². The van der Waals surface area contributed by atoms with Crippen molar-refractivity contribution >= 4 is 28.2 Å². The van der Waals surface area contributed by atoms with Crippen molar-refractivity contribution < 1.29 is 4.74 Å². The molecule has 1 N–H and O–H groups in total. The smallest absolute Gasteiger partial charge is 0.182 e. The minimum Gasteiger partial charge on any atom is -0.379 e. The lowest BCUT2D eigenvalue weighted by Gasteiger charge is -2.24. The molecule has 0 radical (unpaired) electrons. The summed E-state index contributed by atoms with van der Waals surface area (Å²) in [6.45, 7) is 4.87. The van der Waals surface area contributed by atoms with Crippen molar-refractivity contribution in [3.8, 4) is 0 Å². The molecule has 0 saturated carbocycles. The zero-order valence-corrected chi connectivity index (χ0v) is 9.79. The van der Waals surface area contributed by atoms with Gasteiger partial charge in [0.2, 0.25) is 0 Å². The van der Waals surface area contributed by atoms with Crippen LogP contribution in [0.4, 0.5) is 5.13 Å². The van der Waals surface area contributed by atoms with Gasteiger partial charge in [-0.2, -0.15) is 0 Å². The van der Waals surface area contributed by atoms with E-state index >= 15 is 0 Å². The summed E-state index contributed by atoms with van der Waals surface area (Å²) in [6, 6.07) is 0.